The van der Waals surface area contributed by atoms with Gasteiger partial charge in [0.1, 0.15) is 6.10 Å². The molecule has 43 heavy (non-hydrogen) atoms. The van der Waals surface area contributed by atoms with Crippen molar-refractivity contribution in [3.63, 3.8) is 0 Å². The zero-order valence-electron chi connectivity index (χ0n) is 28.3. The van der Waals surface area contributed by atoms with E-state index in [1.807, 2.05) is 32.1 Å². The molecule has 0 heterocycles. The number of Topliss-reactive ketones (excluding diaryl/α,β-unsaturated/α-hetero) is 1. The van der Waals surface area contributed by atoms with Crippen molar-refractivity contribution in [1.82, 2.24) is 0 Å². The third-order valence-electron chi connectivity index (χ3n) is 8.52. The summed E-state index contributed by atoms with van der Waals surface area (Å²) in [7, 11) is 0. The van der Waals surface area contributed by atoms with Gasteiger partial charge in [0.2, 0.25) is 0 Å². The van der Waals surface area contributed by atoms with Crippen molar-refractivity contribution in [2.45, 2.75) is 94.6 Å². The van der Waals surface area contributed by atoms with Crippen LogP contribution in [0.4, 0.5) is 0 Å². The molecule has 0 saturated carbocycles. The molecule has 0 spiro atoms. The Hall–Kier alpha value is -3.49. The van der Waals surface area contributed by atoms with Gasteiger partial charge in [-0.1, -0.05) is 147 Å². The fourth-order valence-electron chi connectivity index (χ4n) is 5.53. The molecule has 2 aliphatic carbocycles. The maximum atomic E-state index is 12.2. The number of aliphatic hydroxyl groups excluding tert-OH is 1. The summed E-state index contributed by atoms with van der Waals surface area (Å²) in [6.45, 7) is 25.4. The van der Waals surface area contributed by atoms with Crippen LogP contribution in [0.15, 0.2) is 142 Å². The minimum absolute atomic E-state index is 0.162. The second-order valence-electron chi connectivity index (χ2n) is 13.4. The number of rotatable bonds is 10. The zero-order valence-corrected chi connectivity index (χ0v) is 28.3. The first kappa shape index (κ1) is 35.7. The summed E-state index contributed by atoms with van der Waals surface area (Å²) >= 11 is 0. The van der Waals surface area contributed by atoms with Crippen LogP contribution >= 0.6 is 0 Å². The molecule has 0 aromatic heterocycles. The molecule has 230 valence electrons. The van der Waals surface area contributed by atoms with E-state index in [9.17, 15) is 9.90 Å². The molecule has 0 radical (unpaired) electrons. The van der Waals surface area contributed by atoms with E-state index in [0.717, 1.165) is 29.6 Å². The maximum absolute atomic E-state index is 12.2. The van der Waals surface area contributed by atoms with Gasteiger partial charge in [0, 0.05) is 0 Å². The molecule has 2 nitrogen and oxygen atoms in total. The van der Waals surface area contributed by atoms with Crippen molar-refractivity contribution >= 4 is 5.78 Å². The largest absolute Gasteiger partial charge is 0.385 e. The number of aliphatic hydroxyl groups is 1. The van der Waals surface area contributed by atoms with Gasteiger partial charge in [-0.05, 0) is 93.9 Å². The SMILES string of the molecule is C=C1CCC(C)(C)C(/C=C/C(C)=C/C=C/C(C)=C/C=C/C=C(C)/C=C/C=C(C)/C=C/C2=C(C)C(=O)[C@H](O)CC2(C)C)=C1C. The van der Waals surface area contributed by atoms with Crippen LogP contribution in [0.25, 0.3) is 0 Å². The summed E-state index contributed by atoms with van der Waals surface area (Å²) in [4.78, 5) is 12.2. The van der Waals surface area contributed by atoms with Gasteiger partial charge in [0.05, 0.1) is 0 Å². The van der Waals surface area contributed by atoms with Crippen LogP contribution in [0.2, 0.25) is 0 Å². The Bertz CT molecular complexity index is 1410. The molecule has 0 aromatic rings. The van der Waals surface area contributed by atoms with E-state index in [2.05, 4.69) is 129 Å². The normalized spacial score (nSPS) is 23.1. The molecule has 2 heteroatoms. The fourth-order valence-corrected chi connectivity index (χ4v) is 5.53. The number of hydrogen-bond acceptors (Lipinski definition) is 2. The number of hydrogen-bond donors (Lipinski definition) is 1. The van der Waals surface area contributed by atoms with Gasteiger partial charge in [0.25, 0.3) is 0 Å². The molecular formula is C41H54O2. The molecule has 0 unspecified atom stereocenters. The monoisotopic (exact) mass is 578 g/mol. The number of carbonyl (C=O) groups excluding carboxylic acids is 1. The van der Waals surface area contributed by atoms with Crippen LogP contribution in [-0.4, -0.2) is 17.0 Å². The van der Waals surface area contributed by atoms with E-state index in [0.29, 0.717) is 12.0 Å². The lowest BCUT2D eigenvalue weighted by Crippen LogP contribution is -2.35. The van der Waals surface area contributed by atoms with Gasteiger partial charge in [-0.2, -0.15) is 0 Å². The third-order valence-corrected chi connectivity index (χ3v) is 8.52. The average Bonchev–Trinajstić information content (AvgIpc) is 2.91. The first-order valence-electron chi connectivity index (χ1n) is 15.5. The lowest BCUT2D eigenvalue weighted by atomic mass is 9.71. The summed E-state index contributed by atoms with van der Waals surface area (Å²) in [5, 5.41) is 10.0. The predicted octanol–water partition coefficient (Wildman–Crippen LogP) is 10.9. The smallest absolute Gasteiger partial charge is 0.187 e. The van der Waals surface area contributed by atoms with Gasteiger partial charge in [-0.15, -0.1) is 0 Å². The molecular weight excluding hydrogens is 524 g/mol. The van der Waals surface area contributed by atoms with Gasteiger partial charge >= 0.3 is 0 Å². The summed E-state index contributed by atoms with van der Waals surface area (Å²) in [5.74, 6) is -0.162. The Kier molecular flexibility index (Phi) is 13.1. The van der Waals surface area contributed by atoms with E-state index >= 15 is 0 Å². The minimum Gasteiger partial charge on any atom is -0.385 e. The molecule has 2 rings (SSSR count). The Morgan fingerprint density at radius 3 is 1.60 bits per heavy atom. The maximum Gasteiger partial charge on any atom is 0.187 e. The van der Waals surface area contributed by atoms with Crippen LogP contribution in [0.5, 0.6) is 0 Å². The van der Waals surface area contributed by atoms with Crippen LogP contribution < -0.4 is 0 Å². The second-order valence-corrected chi connectivity index (χ2v) is 13.4. The molecule has 0 aromatic carbocycles. The Morgan fingerprint density at radius 2 is 1.12 bits per heavy atom. The number of allylic oxidation sites excluding steroid dienone is 22. The molecule has 0 bridgehead atoms. The topological polar surface area (TPSA) is 37.3 Å². The van der Waals surface area contributed by atoms with E-state index in [1.54, 1.807) is 0 Å². The van der Waals surface area contributed by atoms with Gasteiger partial charge in [-0.3, -0.25) is 4.79 Å². The van der Waals surface area contributed by atoms with Crippen molar-refractivity contribution in [3.8, 4) is 0 Å². The average molecular weight is 579 g/mol. The molecule has 0 saturated heterocycles. The quantitative estimate of drug-likeness (QED) is 0.262. The molecule has 0 amide bonds. The Labute approximate surface area is 262 Å². The standard InChI is InChI=1S/C41H54O2/c1-29(18-14-20-31(3)22-24-36-34(6)33(5)26-27-40(36,8)9)16-12-13-17-30(2)19-15-21-32(4)23-25-37-35(7)39(43)38(42)28-41(37,10)11/h12-25,38,42H,5,26-28H2,1-4,6-11H3/b13-12+,18-14+,19-15+,24-22+,25-23+,29-16+,30-17+,31-20+,32-21+/t38-/m1/s1. The highest BCUT2D eigenvalue weighted by atomic mass is 16.3. The van der Waals surface area contributed by atoms with Crippen molar-refractivity contribution in [1.29, 1.82) is 0 Å². The zero-order chi connectivity index (χ0) is 32.4. The first-order valence-corrected chi connectivity index (χ1v) is 15.5. The van der Waals surface area contributed by atoms with Crippen LogP contribution in [0.1, 0.15) is 88.5 Å². The van der Waals surface area contributed by atoms with E-state index < -0.39 is 6.10 Å². The molecule has 2 aliphatic rings. The Morgan fingerprint density at radius 1 is 0.698 bits per heavy atom. The lowest BCUT2D eigenvalue weighted by molar-refractivity contribution is -0.125. The second kappa shape index (κ2) is 15.8. The van der Waals surface area contributed by atoms with Gasteiger partial charge in [-0.25, -0.2) is 0 Å². The first-order chi connectivity index (χ1) is 20.0. The van der Waals surface area contributed by atoms with Crippen molar-refractivity contribution in [2.24, 2.45) is 10.8 Å². The molecule has 0 fully saturated rings. The summed E-state index contributed by atoms with van der Waals surface area (Å²) in [6, 6.07) is 0. The van der Waals surface area contributed by atoms with Crippen molar-refractivity contribution in [2.75, 3.05) is 0 Å². The van der Waals surface area contributed by atoms with Crippen molar-refractivity contribution in [3.05, 3.63) is 142 Å². The summed E-state index contributed by atoms with van der Waals surface area (Å²) in [5.41, 5.74) is 10.3. The van der Waals surface area contributed by atoms with Gasteiger partial charge in [0.15, 0.2) is 5.78 Å². The lowest BCUT2D eigenvalue weighted by Gasteiger charge is -2.34. The van der Waals surface area contributed by atoms with Crippen LogP contribution in [0, 0.1) is 10.8 Å². The molecule has 1 atom stereocenters. The highest BCUT2D eigenvalue weighted by Gasteiger charge is 2.36. The van der Waals surface area contributed by atoms with E-state index in [4.69, 9.17) is 0 Å². The number of carbonyl (C=O) groups is 1. The van der Waals surface area contributed by atoms with Gasteiger partial charge < -0.3 is 5.11 Å². The third kappa shape index (κ3) is 10.9. The van der Waals surface area contributed by atoms with Crippen LogP contribution in [0.3, 0.4) is 0 Å². The Balaban J connectivity index is 1.94. The number of ketones is 1. The molecule has 1 N–H and O–H groups in total. The van der Waals surface area contributed by atoms with E-state index in [-0.39, 0.29) is 16.6 Å². The summed E-state index contributed by atoms with van der Waals surface area (Å²) < 4.78 is 0. The predicted molar refractivity (Wildman–Crippen MR) is 188 cm³/mol. The van der Waals surface area contributed by atoms with Crippen LogP contribution in [-0.2, 0) is 4.79 Å². The highest BCUT2D eigenvalue weighted by molar-refractivity contribution is 6.00. The minimum atomic E-state index is -0.894. The van der Waals surface area contributed by atoms with Crippen molar-refractivity contribution < 1.29 is 9.90 Å². The fraction of sp³-hybridized carbons (Fsp3) is 0.390. The highest BCUT2D eigenvalue weighted by Crippen LogP contribution is 2.43. The molecule has 0 aliphatic heterocycles. The van der Waals surface area contributed by atoms with E-state index in [1.165, 1.54) is 27.9 Å². The summed E-state index contributed by atoms with van der Waals surface area (Å²) in [6.07, 6.45) is 31.2.